The number of allylic oxidation sites excluding steroid dienone is 3. The number of hydrogen-bond donors (Lipinski definition) is 1. The predicted molar refractivity (Wildman–Crippen MR) is 70.9 cm³/mol. The first-order valence-corrected chi connectivity index (χ1v) is 6.49. The van der Waals surface area contributed by atoms with Crippen molar-refractivity contribution < 1.29 is 14.3 Å². The van der Waals surface area contributed by atoms with Crippen molar-refractivity contribution in [1.82, 2.24) is 0 Å². The Bertz CT molecular complexity index is 567. The van der Waals surface area contributed by atoms with Gasteiger partial charge in [0.25, 0.3) is 0 Å². The molecule has 2 nitrogen and oxygen atoms in total. The van der Waals surface area contributed by atoms with E-state index in [1.807, 2.05) is 0 Å². The minimum atomic E-state index is -0.552. The van der Waals surface area contributed by atoms with Crippen molar-refractivity contribution in [1.29, 1.82) is 0 Å². The van der Waals surface area contributed by atoms with Gasteiger partial charge in [0.15, 0.2) is 0 Å². The Balaban J connectivity index is 2.09. The van der Waals surface area contributed by atoms with Crippen LogP contribution in [0, 0.1) is 17.2 Å². The topological polar surface area (TPSA) is 37.3 Å². The number of aliphatic hydroxyl groups is 1. The lowest BCUT2D eigenvalue weighted by Crippen LogP contribution is -2.28. The summed E-state index contributed by atoms with van der Waals surface area (Å²) >= 11 is 0. The summed E-state index contributed by atoms with van der Waals surface area (Å²) in [7, 11) is 0. The minimum absolute atomic E-state index is 0.178. The Morgan fingerprint density at radius 3 is 2.53 bits per heavy atom. The van der Waals surface area contributed by atoms with Crippen molar-refractivity contribution in [2.75, 3.05) is 0 Å². The van der Waals surface area contributed by atoms with Gasteiger partial charge in [0.2, 0.25) is 0 Å². The fraction of sp³-hybridized carbons (Fsp3) is 0.312. The molecule has 0 amide bonds. The van der Waals surface area contributed by atoms with Crippen LogP contribution < -0.4 is 0 Å². The van der Waals surface area contributed by atoms with E-state index in [9.17, 15) is 14.3 Å². The van der Waals surface area contributed by atoms with Crippen molar-refractivity contribution in [2.45, 2.75) is 19.3 Å². The summed E-state index contributed by atoms with van der Waals surface area (Å²) in [4.78, 5) is 11.7. The largest absolute Gasteiger partial charge is 0.508 e. The van der Waals surface area contributed by atoms with Crippen molar-refractivity contribution >= 4 is 11.9 Å². The third kappa shape index (κ3) is 1.99. The van der Waals surface area contributed by atoms with E-state index in [2.05, 4.69) is 0 Å². The maximum Gasteiger partial charge on any atom is 0.131 e. The lowest BCUT2D eigenvalue weighted by molar-refractivity contribution is -0.114. The predicted octanol–water partition coefficient (Wildman–Crippen LogP) is 3.65. The van der Waals surface area contributed by atoms with Gasteiger partial charge in [-0.1, -0.05) is 12.1 Å². The van der Waals surface area contributed by atoms with Crippen molar-refractivity contribution in [3.05, 3.63) is 53.6 Å². The molecule has 1 saturated carbocycles. The number of hydrogen-bond acceptors (Lipinski definition) is 2. The van der Waals surface area contributed by atoms with Crippen LogP contribution >= 0.6 is 0 Å². The third-order valence-electron chi connectivity index (χ3n) is 4.11. The lowest BCUT2D eigenvalue weighted by Gasteiger charge is -2.33. The maximum absolute atomic E-state index is 13.0. The number of carbonyl (C=O) groups excluding carboxylic acids is 1. The Labute approximate surface area is 111 Å². The van der Waals surface area contributed by atoms with Gasteiger partial charge in [0.05, 0.1) is 5.41 Å². The van der Waals surface area contributed by atoms with Gasteiger partial charge in [-0.05, 0) is 60.6 Å². The average molecular weight is 258 g/mol. The monoisotopic (exact) mass is 258 g/mol. The molecule has 0 radical (unpaired) electrons. The van der Waals surface area contributed by atoms with Crippen molar-refractivity contribution in [2.24, 2.45) is 11.3 Å². The van der Waals surface area contributed by atoms with E-state index in [0.717, 1.165) is 30.3 Å². The molecule has 1 fully saturated rings. The number of aldehydes is 1. The quantitative estimate of drug-likeness (QED) is 0.840. The molecule has 0 aliphatic heterocycles. The van der Waals surface area contributed by atoms with E-state index in [4.69, 9.17) is 0 Å². The van der Waals surface area contributed by atoms with E-state index in [-0.39, 0.29) is 11.6 Å². The summed E-state index contributed by atoms with van der Waals surface area (Å²) in [5.74, 6) is 0.214. The molecule has 0 spiro atoms. The molecule has 98 valence electrons. The number of carbonyl (C=O) groups is 1. The summed E-state index contributed by atoms with van der Waals surface area (Å²) in [5.41, 5.74) is 1.06. The van der Waals surface area contributed by atoms with Gasteiger partial charge in [0, 0.05) is 0 Å². The highest BCUT2D eigenvalue weighted by Gasteiger charge is 2.48. The summed E-state index contributed by atoms with van der Waals surface area (Å²) in [6, 6.07) is 6.10. The summed E-state index contributed by atoms with van der Waals surface area (Å²) < 4.78 is 13.0. The van der Waals surface area contributed by atoms with Crippen molar-refractivity contribution in [3.63, 3.8) is 0 Å². The second kappa shape index (κ2) is 4.34. The molecule has 0 bridgehead atoms. The van der Waals surface area contributed by atoms with Gasteiger partial charge in [-0.25, -0.2) is 4.39 Å². The zero-order chi connectivity index (χ0) is 13.5. The molecule has 0 aromatic heterocycles. The molecule has 19 heavy (non-hydrogen) atoms. The first-order chi connectivity index (χ1) is 9.15. The average Bonchev–Trinajstić information content (AvgIpc) is 3.25. The summed E-state index contributed by atoms with van der Waals surface area (Å²) in [6.45, 7) is 0. The minimum Gasteiger partial charge on any atom is -0.508 e. The smallest absolute Gasteiger partial charge is 0.131 e. The zero-order valence-electron chi connectivity index (χ0n) is 10.5. The van der Waals surface area contributed by atoms with Gasteiger partial charge in [-0.15, -0.1) is 0 Å². The van der Waals surface area contributed by atoms with Gasteiger partial charge in [-0.3, -0.25) is 0 Å². The highest BCUT2D eigenvalue weighted by molar-refractivity contribution is 5.88. The molecule has 1 aromatic rings. The van der Waals surface area contributed by atoms with Crippen LogP contribution in [0.4, 0.5) is 4.39 Å². The van der Waals surface area contributed by atoms with Crippen LogP contribution in [0.3, 0.4) is 0 Å². The number of aliphatic hydroxyl groups excluding tert-OH is 1. The maximum atomic E-state index is 13.0. The van der Waals surface area contributed by atoms with E-state index in [0.29, 0.717) is 12.3 Å². The molecule has 3 rings (SSSR count). The molecule has 1 unspecified atom stereocenters. The number of rotatable bonds is 3. The van der Waals surface area contributed by atoms with Crippen LogP contribution in [0.5, 0.6) is 0 Å². The first-order valence-electron chi connectivity index (χ1n) is 6.49. The first kappa shape index (κ1) is 12.2. The van der Waals surface area contributed by atoms with Crippen LogP contribution in [-0.2, 0) is 4.79 Å². The molecule has 1 N–H and O–H groups in total. The Hall–Kier alpha value is -1.90. The summed E-state index contributed by atoms with van der Waals surface area (Å²) in [5, 5.41) is 9.72. The Morgan fingerprint density at radius 1 is 1.26 bits per heavy atom. The number of benzene rings is 1. The van der Waals surface area contributed by atoms with Crippen LogP contribution in [0.2, 0.25) is 0 Å². The SMILES string of the molecule is O=CC1(C2CC2)CC=C(O)C=C1c1ccc(F)cc1. The van der Waals surface area contributed by atoms with Crippen molar-refractivity contribution in [3.8, 4) is 0 Å². The Morgan fingerprint density at radius 2 is 1.95 bits per heavy atom. The second-order valence-corrected chi connectivity index (χ2v) is 5.33. The highest BCUT2D eigenvalue weighted by Crippen LogP contribution is 2.55. The molecular weight excluding hydrogens is 243 g/mol. The summed E-state index contributed by atoms with van der Waals surface area (Å²) in [6.07, 6.45) is 6.93. The van der Waals surface area contributed by atoms with Gasteiger partial charge < -0.3 is 9.90 Å². The second-order valence-electron chi connectivity index (χ2n) is 5.33. The molecule has 0 saturated heterocycles. The highest BCUT2D eigenvalue weighted by atomic mass is 19.1. The fourth-order valence-corrected chi connectivity index (χ4v) is 2.90. The third-order valence-corrected chi connectivity index (χ3v) is 4.11. The normalized spacial score (nSPS) is 26.6. The lowest BCUT2D eigenvalue weighted by atomic mass is 9.69. The molecule has 2 aliphatic rings. The molecule has 3 heteroatoms. The fourth-order valence-electron chi connectivity index (χ4n) is 2.90. The van der Waals surface area contributed by atoms with E-state index in [1.54, 1.807) is 24.3 Å². The van der Waals surface area contributed by atoms with E-state index in [1.165, 1.54) is 12.1 Å². The number of halogens is 1. The van der Waals surface area contributed by atoms with Crippen LogP contribution in [0.25, 0.3) is 5.57 Å². The molecule has 1 aromatic carbocycles. The van der Waals surface area contributed by atoms with Crippen LogP contribution in [-0.4, -0.2) is 11.4 Å². The van der Waals surface area contributed by atoms with E-state index >= 15 is 0 Å². The molecule has 2 aliphatic carbocycles. The zero-order valence-corrected chi connectivity index (χ0v) is 10.5. The standard InChI is InChI=1S/C16H15FO2/c17-13-5-1-11(2-6-13)15-9-14(19)7-8-16(15,10-18)12-3-4-12/h1-2,5-7,9-10,12,19H,3-4,8H2. The van der Waals surface area contributed by atoms with Crippen LogP contribution in [0.15, 0.2) is 42.2 Å². The van der Waals surface area contributed by atoms with Gasteiger partial charge in [-0.2, -0.15) is 0 Å². The van der Waals surface area contributed by atoms with Gasteiger partial charge >= 0.3 is 0 Å². The van der Waals surface area contributed by atoms with Gasteiger partial charge in [0.1, 0.15) is 17.9 Å². The Kier molecular flexibility index (Phi) is 2.77. The van der Waals surface area contributed by atoms with Crippen LogP contribution in [0.1, 0.15) is 24.8 Å². The van der Waals surface area contributed by atoms with E-state index < -0.39 is 5.41 Å². The molecular formula is C16H15FO2. The molecule has 1 atom stereocenters. The molecule has 0 heterocycles.